The van der Waals surface area contributed by atoms with Gasteiger partial charge in [-0.1, -0.05) is 24.3 Å². The molecule has 0 amide bonds. The van der Waals surface area contributed by atoms with Gasteiger partial charge in [0.05, 0.1) is 0 Å². The van der Waals surface area contributed by atoms with Gasteiger partial charge in [-0.25, -0.2) is 0 Å². The summed E-state index contributed by atoms with van der Waals surface area (Å²) in [6.07, 6.45) is 2.36. The molecule has 1 aliphatic heterocycles. The summed E-state index contributed by atoms with van der Waals surface area (Å²) in [7, 11) is 0. The molecule has 0 unspecified atom stereocenters. The Morgan fingerprint density at radius 2 is 2.15 bits per heavy atom. The van der Waals surface area contributed by atoms with E-state index in [9.17, 15) is 5.11 Å². The summed E-state index contributed by atoms with van der Waals surface area (Å²) in [5.41, 5.74) is 5.81. The molecule has 20 heavy (non-hydrogen) atoms. The first-order valence-electron chi connectivity index (χ1n) is 7.12. The molecule has 0 bridgehead atoms. The van der Waals surface area contributed by atoms with Crippen LogP contribution in [0.25, 0.3) is 0 Å². The number of aryl methyl sites for hydroxylation is 2. The molecule has 1 heterocycles. The van der Waals surface area contributed by atoms with E-state index in [0.29, 0.717) is 5.75 Å². The van der Waals surface area contributed by atoms with Crippen LogP contribution in [0.2, 0.25) is 0 Å². The Hall–Kier alpha value is -2.16. The van der Waals surface area contributed by atoms with Crippen LogP contribution in [0.1, 0.15) is 23.1 Å². The average Bonchev–Trinajstić information content (AvgIpc) is 2.48. The summed E-state index contributed by atoms with van der Waals surface area (Å²) >= 11 is 0. The van der Waals surface area contributed by atoms with Gasteiger partial charge in [0.1, 0.15) is 5.75 Å². The number of aromatic hydroxyl groups is 1. The number of phenols is 1. The van der Waals surface area contributed by atoms with Crippen molar-refractivity contribution in [1.29, 1.82) is 0 Å². The zero-order chi connectivity index (χ0) is 13.9. The molecule has 0 aromatic heterocycles. The molecule has 0 aliphatic carbocycles. The molecule has 3 N–H and O–H groups in total. The van der Waals surface area contributed by atoms with E-state index >= 15 is 0 Å². The lowest BCUT2D eigenvalue weighted by atomic mass is 9.99. The molecule has 3 rings (SSSR count). The van der Waals surface area contributed by atoms with E-state index in [4.69, 9.17) is 0 Å². The van der Waals surface area contributed by atoms with Crippen molar-refractivity contribution in [3.63, 3.8) is 0 Å². The van der Waals surface area contributed by atoms with Crippen LogP contribution in [0, 0.1) is 6.92 Å². The second-order valence-electron chi connectivity index (χ2n) is 5.34. The summed E-state index contributed by atoms with van der Waals surface area (Å²) in [4.78, 5) is 0. The van der Waals surface area contributed by atoms with Crippen molar-refractivity contribution in [3.05, 3.63) is 53.1 Å². The number of para-hydroxylation sites is 1. The molecule has 0 fully saturated rings. The minimum absolute atomic E-state index is 0.336. The fourth-order valence-electron chi connectivity index (χ4n) is 2.64. The molecule has 104 valence electrons. The van der Waals surface area contributed by atoms with E-state index < -0.39 is 0 Å². The predicted molar refractivity (Wildman–Crippen MR) is 83.4 cm³/mol. The second kappa shape index (κ2) is 5.45. The number of anilines is 2. The van der Waals surface area contributed by atoms with E-state index in [-0.39, 0.29) is 0 Å². The maximum atomic E-state index is 9.74. The van der Waals surface area contributed by atoms with Crippen molar-refractivity contribution >= 4 is 11.4 Å². The van der Waals surface area contributed by atoms with Crippen molar-refractivity contribution in [2.24, 2.45) is 0 Å². The van der Waals surface area contributed by atoms with Gasteiger partial charge < -0.3 is 15.7 Å². The molecule has 0 saturated heterocycles. The Labute approximate surface area is 119 Å². The van der Waals surface area contributed by atoms with E-state index in [2.05, 4.69) is 28.8 Å². The minimum Gasteiger partial charge on any atom is -0.508 e. The first kappa shape index (κ1) is 12.9. The summed E-state index contributed by atoms with van der Waals surface area (Å²) < 4.78 is 0. The van der Waals surface area contributed by atoms with Gasteiger partial charge in [-0.05, 0) is 42.5 Å². The van der Waals surface area contributed by atoms with Gasteiger partial charge in [0.2, 0.25) is 0 Å². The van der Waals surface area contributed by atoms with Gasteiger partial charge in [-0.2, -0.15) is 0 Å². The third-order valence-electron chi connectivity index (χ3n) is 3.85. The minimum atomic E-state index is 0.336. The summed E-state index contributed by atoms with van der Waals surface area (Å²) in [5.74, 6) is 0.336. The zero-order valence-corrected chi connectivity index (χ0v) is 11.7. The fourth-order valence-corrected chi connectivity index (χ4v) is 2.64. The molecule has 2 aromatic carbocycles. The first-order valence-corrected chi connectivity index (χ1v) is 7.12. The normalized spacial score (nSPS) is 13.4. The highest BCUT2D eigenvalue weighted by atomic mass is 16.3. The van der Waals surface area contributed by atoms with Crippen molar-refractivity contribution in [2.45, 2.75) is 26.3 Å². The van der Waals surface area contributed by atoms with Gasteiger partial charge in [-0.3, -0.25) is 0 Å². The van der Waals surface area contributed by atoms with Gasteiger partial charge in [0, 0.05) is 30.5 Å². The van der Waals surface area contributed by atoms with Gasteiger partial charge in [0.15, 0.2) is 0 Å². The van der Waals surface area contributed by atoms with Crippen LogP contribution in [0.4, 0.5) is 11.4 Å². The van der Waals surface area contributed by atoms with Crippen LogP contribution in [-0.2, 0) is 13.0 Å². The Bertz CT molecular complexity index is 622. The van der Waals surface area contributed by atoms with Gasteiger partial charge >= 0.3 is 0 Å². The molecular weight excluding hydrogens is 248 g/mol. The Morgan fingerprint density at radius 3 is 3.00 bits per heavy atom. The van der Waals surface area contributed by atoms with E-state index in [0.717, 1.165) is 30.8 Å². The van der Waals surface area contributed by atoms with E-state index in [1.54, 1.807) is 6.07 Å². The Balaban J connectivity index is 1.76. The SMILES string of the molecule is Cc1ccc(NCc2cccc3c2NCCC3)cc1O. The van der Waals surface area contributed by atoms with Crippen LogP contribution in [0.3, 0.4) is 0 Å². The molecule has 0 atom stereocenters. The van der Waals surface area contributed by atoms with E-state index in [1.807, 2.05) is 19.1 Å². The lowest BCUT2D eigenvalue weighted by Gasteiger charge is -2.21. The lowest BCUT2D eigenvalue weighted by Crippen LogP contribution is -2.14. The fraction of sp³-hybridized carbons (Fsp3) is 0.294. The van der Waals surface area contributed by atoms with Crippen LogP contribution >= 0.6 is 0 Å². The molecule has 0 saturated carbocycles. The van der Waals surface area contributed by atoms with Crippen LogP contribution in [0.15, 0.2) is 36.4 Å². The van der Waals surface area contributed by atoms with E-state index in [1.165, 1.54) is 23.2 Å². The third kappa shape index (κ3) is 2.57. The topological polar surface area (TPSA) is 44.3 Å². The number of phenolic OH excluding ortho intramolecular Hbond substituents is 1. The predicted octanol–water partition coefficient (Wildman–Crippen LogP) is 3.67. The quantitative estimate of drug-likeness (QED) is 0.795. The number of nitrogens with one attached hydrogen (secondary N) is 2. The molecule has 3 nitrogen and oxygen atoms in total. The molecular formula is C17H20N2O. The molecule has 2 aromatic rings. The van der Waals surface area contributed by atoms with Crippen LogP contribution in [-0.4, -0.2) is 11.7 Å². The Kier molecular flexibility index (Phi) is 3.50. The van der Waals surface area contributed by atoms with Gasteiger partial charge in [0.25, 0.3) is 0 Å². The maximum Gasteiger partial charge on any atom is 0.120 e. The molecule has 3 heteroatoms. The number of hydrogen-bond donors (Lipinski definition) is 3. The smallest absolute Gasteiger partial charge is 0.120 e. The monoisotopic (exact) mass is 268 g/mol. The zero-order valence-electron chi connectivity index (χ0n) is 11.7. The van der Waals surface area contributed by atoms with Crippen molar-refractivity contribution < 1.29 is 5.11 Å². The average molecular weight is 268 g/mol. The maximum absolute atomic E-state index is 9.74. The van der Waals surface area contributed by atoms with Crippen LogP contribution < -0.4 is 10.6 Å². The Morgan fingerprint density at radius 1 is 1.25 bits per heavy atom. The summed E-state index contributed by atoms with van der Waals surface area (Å²) in [6.45, 7) is 3.71. The molecule has 0 radical (unpaired) electrons. The summed E-state index contributed by atoms with van der Waals surface area (Å²) in [5, 5.41) is 16.6. The first-order chi connectivity index (χ1) is 9.74. The number of hydrogen-bond acceptors (Lipinski definition) is 3. The highest BCUT2D eigenvalue weighted by Gasteiger charge is 2.11. The number of benzene rings is 2. The standard InChI is InChI=1S/C17H20N2O/c1-12-7-8-15(10-16(12)20)19-11-14-5-2-4-13-6-3-9-18-17(13)14/h2,4-5,7-8,10,18-20H,3,6,9,11H2,1H3. The lowest BCUT2D eigenvalue weighted by molar-refractivity contribution is 0.471. The second-order valence-corrected chi connectivity index (χ2v) is 5.34. The van der Waals surface area contributed by atoms with Gasteiger partial charge in [-0.15, -0.1) is 0 Å². The molecule has 0 spiro atoms. The number of fused-ring (bicyclic) bond motifs is 1. The highest BCUT2D eigenvalue weighted by Crippen LogP contribution is 2.27. The highest BCUT2D eigenvalue weighted by molar-refractivity contribution is 5.60. The van der Waals surface area contributed by atoms with Crippen LogP contribution in [0.5, 0.6) is 5.75 Å². The van der Waals surface area contributed by atoms with Crippen molar-refractivity contribution in [2.75, 3.05) is 17.2 Å². The number of rotatable bonds is 3. The van der Waals surface area contributed by atoms with Crippen molar-refractivity contribution in [1.82, 2.24) is 0 Å². The largest absolute Gasteiger partial charge is 0.508 e. The van der Waals surface area contributed by atoms with Crippen molar-refractivity contribution in [3.8, 4) is 5.75 Å². The summed E-state index contributed by atoms with van der Waals surface area (Å²) in [6, 6.07) is 12.2. The third-order valence-corrected chi connectivity index (χ3v) is 3.85. The molecule has 1 aliphatic rings.